The van der Waals surface area contributed by atoms with Gasteiger partial charge in [-0.1, -0.05) is 67.1 Å². The topological polar surface area (TPSA) is 41.6 Å². The molecule has 3 aromatic carbocycles. The molecule has 0 aromatic heterocycles. The lowest BCUT2D eigenvalue weighted by atomic mass is 10.1. The Morgan fingerprint density at radius 1 is 0.871 bits per heavy atom. The van der Waals surface area contributed by atoms with Crippen LogP contribution in [0.5, 0.6) is 5.75 Å². The van der Waals surface area contributed by atoms with E-state index >= 15 is 0 Å². The van der Waals surface area contributed by atoms with Gasteiger partial charge < -0.3 is 10.1 Å². The maximum atomic E-state index is 12.8. The van der Waals surface area contributed by atoms with Gasteiger partial charge in [0.2, 0.25) is 0 Å². The van der Waals surface area contributed by atoms with Gasteiger partial charge in [-0.2, -0.15) is 0 Å². The number of hydrogen-bond donors (Lipinski definition) is 1. The Morgan fingerprint density at radius 3 is 2.26 bits per heavy atom. The number of carbonyl (C=O) groups is 1. The molecule has 1 fully saturated rings. The summed E-state index contributed by atoms with van der Waals surface area (Å²) in [6.07, 6.45) is 3.34. The van der Waals surface area contributed by atoms with Crippen molar-refractivity contribution in [2.75, 3.05) is 13.1 Å². The Labute approximate surface area is 184 Å². The lowest BCUT2D eigenvalue weighted by Gasteiger charge is -2.25. The van der Waals surface area contributed by atoms with Crippen molar-refractivity contribution < 1.29 is 9.53 Å². The molecule has 1 saturated heterocycles. The lowest BCUT2D eigenvalue weighted by molar-refractivity contribution is 0.0925. The van der Waals surface area contributed by atoms with Crippen LogP contribution in [0, 0.1) is 0 Å². The standard InChI is InChI=1S/C27H30N2O2/c30-27(24-14-16-26(17-15-24)31-21-23-11-5-2-6-12-23)28-25-13-7-8-18-29(20-25)19-22-9-3-1-4-10-22/h1-6,9-12,14-17,25H,7-8,13,18-21H2,(H,28,30)/t25-/m1/s1. The maximum absolute atomic E-state index is 12.8. The zero-order chi connectivity index (χ0) is 21.3. The van der Waals surface area contributed by atoms with Crippen LogP contribution >= 0.6 is 0 Å². The number of carbonyl (C=O) groups excluding carboxylic acids is 1. The molecule has 4 heteroatoms. The third kappa shape index (κ3) is 6.43. The molecule has 0 unspecified atom stereocenters. The minimum absolute atomic E-state index is 0.0128. The van der Waals surface area contributed by atoms with E-state index in [-0.39, 0.29) is 11.9 Å². The van der Waals surface area contributed by atoms with Crippen molar-refractivity contribution >= 4 is 5.91 Å². The Bertz CT molecular complexity index is 942. The van der Waals surface area contributed by atoms with Crippen LogP contribution in [0.15, 0.2) is 84.9 Å². The van der Waals surface area contributed by atoms with E-state index in [2.05, 4.69) is 34.5 Å². The first kappa shape index (κ1) is 21.1. The largest absolute Gasteiger partial charge is 0.489 e. The third-order valence-electron chi connectivity index (χ3n) is 5.70. The quantitative estimate of drug-likeness (QED) is 0.588. The molecule has 0 aliphatic carbocycles. The predicted octanol–water partition coefficient (Wildman–Crippen LogP) is 5.05. The highest BCUT2D eigenvalue weighted by Gasteiger charge is 2.20. The monoisotopic (exact) mass is 414 g/mol. The van der Waals surface area contributed by atoms with Crippen LogP contribution < -0.4 is 10.1 Å². The summed E-state index contributed by atoms with van der Waals surface area (Å²) in [5.74, 6) is 0.755. The van der Waals surface area contributed by atoms with Crippen molar-refractivity contribution in [1.29, 1.82) is 0 Å². The van der Waals surface area contributed by atoms with Gasteiger partial charge in [-0.05, 0) is 54.8 Å². The minimum Gasteiger partial charge on any atom is -0.489 e. The van der Waals surface area contributed by atoms with Gasteiger partial charge in [0.1, 0.15) is 12.4 Å². The van der Waals surface area contributed by atoms with Crippen LogP contribution in [0.2, 0.25) is 0 Å². The highest BCUT2D eigenvalue weighted by Crippen LogP contribution is 2.17. The second-order valence-corrected chi connectivity index (χ2v) is 8.19. The van der Waals surface area contributed by atoms with Crippen molar-refractivity contribution in [3.63, 3.8) is 0 Å². The predicted molar refractivity (Wildman–Crippen MR) is 124 cm³/mol. The fourth-order valence-corrected chi connectivity index (χ4v) is 4.04. The van der Waals surface area contributed by atoms with E-state index in [1.54, 1.807) is 0 Å². The first-order valence-corrected chi connectivity index (χ1v) is 11.1. The fourth-order valence-electron chi connectivity index (χ4n) is 4.04. The molecule has 4 rings (SSSR count). The van der Waals surface area contributed by atoms with Crippen molar-refractivity contribution in [1.82, 2.24) is 10.2 Å². The van der Waals surface area contributed by atoms with Crippen LogP contribution in [-0.4, -0.2) is 29.9 Å². The summed E-state index contributed by atoms with van der Waals surface area (Å²) in [7, 11) is 0. The van der Waals surface area contributed by atoms with E-state index < -0.39 is 0 Å². The van der Waals surface area contributed by atoms with Crippen LogP contribution in [0.25, 0.3) is 0 Å². The van der Waals surface area contributed by atoms with Gasteiger partial charge >= 0.3 is 0 Å². The van der Waals surface area contributed by atoms with Gasteiger partial charge in [0, 0.05) is 24.7 Å². The van der Waals surface area contributed by atoms with Gasteiger partial charge in [-0.25, -0.2) is 0 Å². The minimum atomic E-state index is -0.0128. The summed E-state index contributed by atoms with van der Waals surface area (Å²) in [5, 5.41) is 3.25. The van der Waals surface area contributed by atoms with Crippen molar-refractivity contribution in [2.24, 2.45) is 0 Å². The molecule has 1 heterocycles. The molecule has 31 heavy (non-hydrogen) atoms. The summed E-state index contributed by atoms with van der Waals surface area (Å²) in [6.45, 7) is 3.42. The summed E-state index contributed by atoms with van der Waals surface area (Å²) in [5.41, 5.74) is 3.12. The Kier molecular flexibility index (Phi) is 7.35. The van der Waals surface area contributed by atoms with Crippen LogP contribution in [0.3, 0.4) is 0 Å². The van der Waals surface area contributed by atoms with Gasteiger partial charge in [-0.15, -0.1) is 0 Å². The molecule has 0 spiro atoms. The smallest absolute Gasteiger partial charge is 0.251 e. The first-order valence-electron chi connectivity index (χ1n) is 11.1. The second kappa shape index (κ2) is 10.8. The molecule has 1 aliphatic rings. The summed E-state index contributed by atoms with van der Waals surface area (Å²) in [6, 6.07) is 28.2. The first-order chi connectivity index (χ1) is 15.3. The molecule has 1 atom stereocenters. The SMILES string of the molecule is O=C(N[C@@H]1CCCCN(Cc2ccccc2)C1)c1ccc(OCc2ccccc2)cc1. The van der Waals surface area contributed by atoms with Gasteiger partial charge in [0.05, 0.1) is 0 Å². The number of nitrogens with one attached hydrogen (secondary N) is 1. The molecule has 1 N–H and O–H groups in total. The molecule has 0 saturated carbocycles. The number of nitrogens with zero attached hydrogens (tertiary/aromatic N) is 1. The van der Waals surface area contributed by atoms with Crippen LogP contribution in [-0.2, 0) is 13.2 Å². The van der Waals surface area contributed by atoms with Gasteiger partial charge in [0.15, 0.2) is 0 Å². The molecular weight excluding hydrogens is 384 g/mol. The van der Waals surface area contributed by atoms with E-state index in [0.717, 1.165) is 43.8 Å². The molecule has 3 aromatic rings. The van der Waals surface area contributed by atoms with E-state index in [1.165, 1.54) is 12.0 Å². The molecular formula is C27H30N2O2. The number of hydrogen-bond acceptors (Lipinski definition) is 3. The number of ether oxygens (including phenoxy) is 1. The highest BCUT2D eigenvalue weighted by molar-refractivity contribution is 5.94. The van der Waals surface area contributed by atoms with E-state index in [4.69, 9.17) is 4.74 Å². The average Bonchev–Trinajstić information content (AvgIpc) is 3.04. The molecule has 4 nitrogen and oxygen atoms in total. The van der Waals surface area contributed by atoms with E-state index in [0.29, 0.717) is 12.2 Å². The average molecular weight is 415 g/mol. The molecule has 160 valence electrons. The summed E-state index contributed by atoms with van der Waals surface area (Å²) in [4.78, 5) is 15.3. The van der Waals surface area contributed by atoms with Crippen LogP contribution in [0.4, 0.5) is 0 Å². The zero-order valence-electron chi connectivity index (χ0n) is 17.9. The van der Waals surface area contributed by atoms with Crippen molar-refractivity contribution in [2.45, 2.75) is 38.5 Å². The van der Waals surface area contributed by atoms with Crippen LogP contribution in [0.1, 0.15) is 40.7 Å². The van der Waals surface area contributed by atoms with Crippen molar-refractivity contribution in [3.8, 4) is 5.75 Å². The Balaban J connectivity index is 1.30. The van der Waals surface area contributed by atoms with Crippen molar-refractivity contribution in [3.05, 3.63) is 102 Å². The number of amides is 1. The highest BCUT2D eigenvalue weighted by atomic mass is 16.5. The normalized spacial score (nSPS) is 17.0. The molecule has 0 bridgehead atoms. The third-order valence-corrected chi connectivity index (χ3v) is 5.70. The van der Waals surface area contributed by atoms with E-state index in [1.807, 2.05) is 60.7 Å². The maximum Gasteiger partial charge on any atom is 0.251 e. The molecule has 1 aliphatic heterocycles. The zero-order valence-corrected chi connectivity index (χ0v) is 17.9. The fraction of sp³-hybridized carbons (Fsp3) is 0.296. The number of likely N-dealkylation sites (tertiary alicyclic amines) is 1. The molecule has 0 radical (unpaired) electrons. The van der Waals surface area contributed by atoms with Gasteiger partial charge in [0.25, 0.3) is 5.91 Å². The second-order valence-electron chi connectivity index (χ2n) is 8.19. The number of rotatable bonds is 7. The number of benzene rings is 3. The van der Waals surface area contributed by atoms with Gasteiger partial charge in [-0.3, -0.25) is 9.69 Å². The Hall–Kier alpha value is -3.11. The summed E-state index contributed by atoms with van der Waals surface area (Å²) >= 11 is 0. The summed E-state index contributed by atoms with van der Waals surface area (Å²) < 4.78 is 5.83. The van der Waals surface area contributed by atoms with E-state index in [9.17, 15) is 4.79 Å². The Morgan fingerprint density at radius 2 is 1.55 bits per heavy atom. The molecule has 1 amide bonds. The lowest BCUT2D eigenvalue weighted by Crippen LogP contribution is -2.42.